The van der Waals surface area contributed by atoms with E-state index in [2.05, 4.69) is 22.7 Å². The Labute approximate surface area is 141 Å². The summed E-state index contributed by atoms with van der Waals surface area (Å²) in [4.78, 5) is 11.8. The van der Waals surface area contributed by atoms with Gasteiger partial charge in [0.25, 0.3) is 5.91 Å². The first-order valence-electron chi connectivity index (χ1n) is 8.26. The van der Waals surface area contributed by atoms with Crippen LogP contribution >= 0.6 is 0 Å². The molecule has 1 aliphatic heterocycles. The van der Waals surface area contributed by atoms with Crippen molar-refractivity contribution in [3.05, 3.63) is 40.8 Å². The third kappa shape index (κ3) is 3.14. The highest BCUT2D eigenvalue weighted by atomic mass is 16.5. The maximum atomic E-state index is 11.8. The second kappa shape index (κ2) is 6.65. The number of carbonyl (C=O) groups excluding carboxylic acids is 1. The number of benzene rings is 1. The van der Waals surface area contributed by atoms with Crippen LogP contribution in [0.1, 0.15) is 48.9 Å². The highest BCUT2D eigenvalue weighted by Gasteiger charge is 2.26. The van der Waals surface area contributed by atoms with E-state index in [9.17, 15) is 4.79 Å². The Balaban J connectivity index is 1.72. The molecule has 0 aliphatic carbocycles. The van der Waals surface area contributed by atoms with Crippen LogP contribution in [0.25, 0.3) is 0 Å². The van der Waals surface area contributed by atoms with Gasteiger partial charge < -0.3 is 19.9 Å². The average Bonchev–Trinajstić information content (AvgIpc) is 2.90. The molecule has 6 heteroatoms. The smallest absolute Gasteiger partial charge is 0.265 e. The lowest BCUT2D eigenvalue weighted by Gasteiger charge is -2.26. The van der Waals surface area contributed by atoms with Crippen LogP contribution in [0.5, 0.6) is 5.75 Å². The number of hydrogen-bond donors (Lipinski definition) is 2. The minimum atomic E-state index is -0.418. The van der Waals surface area contributed by atoms with Gasteiger partial charge >= 0.3 is 0 Å². The molecule has 0 bridgehead atoms. The van der Waals surface area contributed by atoms with Gasteiger partial charge in [-0.25, -0.2) is 0 Å². The molecule has 1 aliphatic rings. The van der Waals surface area contributed by atoms with E-state index in [1.54, 1.807) is 0 Å². The van der Waals surface area contributed by atoms with Gasteiger partial charge in [0, 0.05) is 18.2 Å². The Morgan fingerprint density at radius 3 is 2.83 bits per heavy atom. The lowest BCUT2D eigenvalue weighted by Crippen LogP contribution is -2.36. The fraction of sp³-hybridized carbons (Fsp3) is 0.444. The van der Waals surface area contributed by atoms with Gasteiger partial charge in [-0.2, -0.15) is 0 Å². The molecule has 128 valence electrons. The zero-order valence-corrected chi connectivity index (χ0v) is 14.5. The molecular formula is C18H23N3O3. The third-order valence-corrected chi connectivity index (χ3v) is 4.46. The average molecular weight is 329 g/mol. The highest BCUT2D eigenvalue weighted by molar-refractivity contribution is 5.97. The van der Waals surface area contributed by atoms with Gasteiger partial charge in [-0.3, -0.25) is 4.79 Å². The molecule has 2 heterocycles. The van der Waals surface area contributed by atoms with Crippen molar-refractivity contribution in [2.75, 3.05) is 5.32 Å². The number of hydrogen-bond acceptors (Lipinski definition) is 5. The van der Waals surface area contributed by atoms with E-state index in [0.717, 1.165) is 34.0 Å². The highest BCUT2D eigenvalue weighted by Crippen LogP contribution is 2.33. The first-order chi connectivity index (χ1) is 11.5. The second-order valence-corrected chi connectivity index (χ2v) is 6.16. The SMILES string of the molecule is CC[C@H]1Oc2cc([C@H](C)NCc3c(C)noc3C)ccc2NC1=O. The number of ether oxygens (including phenoxy) is 1. The molecule has 3 rings (SSSR count). The van der Waals surface area contributed by atoms with Gasteiger partial charge in [0.1, 0.15) is 11.5 Å². The van der Waals surface area contributed by atoms with Crippen molar-refractivity contribution < 1.29 is 14.1 Å². The number of nitrogens with zero attached hydrogens (tertiary/aromatic N) is 1. The van der Waals surface area contributed by atoms with Crippen LogP contribution in [0.4, 0.5) is 5.69 Å². The van der Waals surface area contributed by atoms with E-state index in [-0.39, 0.29) is 11.9 Å². The van der Waals surface area contributed by atoms with Crippen molar-refractivity contribution in [3.8, 4) is 5.75 Å². The predicted octanol–water partition coefficient (Wildman–Crippen LogP) is 3.25. The molecule has 2 atom stereocenters. The molecule has 1 aromatic heterocycles. The Kier molecular flexibility index (Phi) is 4.57. The normalized spacial score (nSPS) is 17.8. The zero-order valence-electron chi connectivity index (χ0n) is 14.5. The van der Waals surface area contributed by atoms with E-state index in [4.69, 9.17) is 9.26 Å². The molecule has 2 N–H and O–H groups in total. The molecule has 0 saturated heterocycles. The molecule has 0 unspecified atom stereocenters. The van der Waals surface area contributed by atoms with Gasteiger partial charge in [-0.15, -0.1) is 0 Å². The minimum Gasteiger partial charge on any atom is -0.478 e. The van der Waals surface area contributed by atoms with Gasteiger partial charge in [-0.1, -0.05) is 18.1 Å². The van der Waals surface area contributed by atoms with E-state index in [1.807, 2.05) is 39.0 Å². The first kappa shape index (κ1) is 16.5. The van der Waals surface area contributed by atoms with Gasteiger partial charge in [-0.05, 0) is 44.9 Å². The molecule has 0 saturated carbocycles. The molecule has 2 aromatic rings. The molecule has 0 fully saturated rings. The van der Waals surface area contributed by atoms with Crippen molar-refractivity contribution >= 4 is 11.6 Å². The third-order valence-electron chi connectivity index (χ3n) is 4.46. The number of aromatic nitrogens is 1. The van der Waals surface area contributed by atoms with Crippen LogP contribution in [-0.4, -0.2) is 17.2 Å². The summed E-state index contributed by atoms with van der Waals surface area (Å²) in [7, 11) is 0. The summed E-state index contributed by atoms with van der Waals surface area (Å²) < 4.78 is 11.0. The van der Waals surface area contributed by atoms with Gasteiger partial charge in [0.2, 0.25) is 0 Å². The number of rotatable bonds is 5. The maximum Gasteiger partial charge on any atom is 0.265 e. The van der Waals surface area contributed by atoms with E-state index in [1.165, 1.54) is 0 Å². The standard InChI is InChI=1S/C18H23N3O3/c1-5-16-18(22)20-15-7-6-13(8-17(15)23-16)10(2)19-9-14-11(3)21-24-12(14)4/h6-8,10,16,19H,5,9H2,1-4H3,(H,20,22)/t10-,16+/m0/s1. The number of carbonyl (C=O) groups is 1. The number of aryl methyl sites for hydroxylation is 2. The Morgan fingerprint density at radius 2 is 2.17 bits per heavy atom. The monoisotopic (exact) mass is 329 g/mol. The number of amides is 1. The molecule has 1 aromatic carbocycles. The minimum absolute atomic E-state index is 0.0812. The lowest BCUT2D eigenvalue weighted by molar-refractivity contribution is -0.123. The number of fused-ring (bicyclic) bond motifs is 1. The summed E-state index contributed by atoms with van der Waals surface area (Å²) in [5.41, 5.74) is 3.83. The van der Waals surface area contributed by atoms with E-state index < -0.39 is 6.10 Å². The summed E-state index contributed by atoms with van der Waals surface area (Å²) in [5.74, 6) is 1.49. The molecule has 24 heavy (non-hydrogen) atoms. The first-order valence-corrected chi connectivity index (χ1v) is 8.26. The fourth-order valence-corrected chi connectivity index (χ4v) is 2.83. The molecular weight excluding hydrogens is 306 g/mol. The Hall–Kier alpha value is -2.34. The van der Waals surface area contributed by atoms with Crippen LogP contribution in [-0.2, 0) is 11.3 Å². The summed E-state index contributed by atoms with van der Waals surface area (Å²) in [5, 5.41) is 10.3. The fourth-order valence-electron chi connectivity index (χ4n) is 2.83. The van der Waals surface area contributed by atoms with Gasteiger partial charge in [0.05, 0.1) is 11.4 Å². The van der Waals surface area contributed by atoms with Crippen LogP contribution in [0.2, 0.25) is 0 Å². The van der Waals surface area contributed by atoms with Crippen LogP contribution in [0.3, 0.4) is 0 Å². The molecule has 6 nitrogen and oxygen atoms in total. The second-order valence-electron chi connectivity index (χ2n) is 6.16. The number of anilines is 1. The summed E-state index contributed by atoms with van der Waals surface area (Å²) >= 11 is 0. The Morgan fingerprint density at radius 1 is 1.38 bits per heavy atom. The van der Waals surface area contributed by atoms with Crippen LogP contribution in [0, 0.1) is 13.8 Å². The summed E-state index contributed by atoms with van der Waals surface area (Å²) in [6, 6.07) is 6.01. The predicted molar refractivity (Wildman–Crippen MR) is 91.0 cm³/mol. The van der Waals surface area contributed by atoms with E-state index >= 15 is 0 Å². The molecule has 1 amide bonds. The molecule has 0 spiro atoms. The van der Waals surface area contributed by atoms with Crippen molar-refractivity contribution in [1.29, 1.82) is 0 Å². The topological polar surface area (TPSA) is 76.4 Å². The lowest BCUT2D eigenvalue weighted by atomic mass is 10.1. The summed E-state index contributed by atoms with van der Waals surface area (Å²) in [6.45, 7) is 8.58. The summed E-state index contributed by atoms with van der Waals surface area (Å²) in [6.07, 6.45) is 0.230. The van der Waals surface area contributed by atoms with Crippen LogP contribution < -0.4 is 15.4 Å². The largest absolute Gasteiger partial charge is 0.478 e. The zero-order chi connectivity index (χ0) is 17.3. The van der Waals surface area contributed by atoms with Crippen molar-refractivity contribution in [2.24, 2.45) is 0 Å². The van der Waals surface area contributed by atoms with Crippen LogP contribution in [0.15, 0.2) is 22.7 Å². The maximum absolute atomic E-state index is 11.8. The van der Waals surface area contributed by atoms with Crippen molar-refractivity contribution in [3.63, 3.8) is 0 Å². The number of nitrogens with one attached hydrogen (secondary N) is 2. The van der Waals surface area contributed by atoms with Crippen molar-refractivity contribution in [2.45, 2.75) is 52.8 Å². The molecule has 0 radical (unpaired) electrons. The van der Waals surface area contributed by atoms with Gasteiger partial charge in [0.15, 0.2) is 6.10 Å². The Bertz CT molecular complexity index is 734. The quantitative estimate of drug-likeness (QED) is 0.880. The van der Waals surface area contributed by atoms with Crippen molar-refractivity contribution in [1.82, 2.24) is 10.5 Å². The van der Waals surface area contributed by atoms with E-state index in [0.29, 0.717) is 13.0 Å².